The van der Waals surface area contributed by atoms with Gasteiger partial charge in [-0.15, -0.1) is 0 Å². The highest BCUT2D eigenvalue weighted by Gasteiger charge is 2.37. The summed E-state index contributed by atoms with van der Waals surface area (Å²) in [6, 6.07) is 0. The van der Waals surface area contributed by atoms with Crippen LogP contribution in [0.4, 0.5) is 0 Å². The standard InChI is InChI=1S/C9H14O/c1-6(10)9-5-7-2-3-8(9)4-7/h2-3,6-10H,4-5H2,1H3. The fourth-order valence-electron chi connectivity index (χ4n) is 2.38. The second-order valence-corrected chi connectivity index (χ2v) is 3.68. The molecule has 1 saturated carbocycles. The largest absolute Gasteiger partial charge is 0.393 e. The Kier molecular flexibility index (Phi) is 1.34. The molecule has 0 aromatic heterocycles. The van der Waals surface area contributed by atoms with Gasteiger partial charge in [-0.3, -0.25) is 0 Å². The molecule has 0 spiro atoms. The van der Waals surface area contributed by atoms with Crippen molar-refractivity contribution in [3.8, 4) is 0 Å². The van der Waals surface area contributed by atoms with Crippen LogP contribution in [0.5, 0.6) is 0 Å². The Bertz CT molecular complexity index is 160. The van der Waals surface area contributed by atoms with Gasteiger partial charge in [0.15, 0.2) is 0 Å². The van der Waals surface area contributed by atoms with Crippen molar-refractivity contribution in [1.29, 1.82) is 0 Å². The highest BCUT2D eigenvalue weighted by atomic mass is 16.3. The molecule has 0 saturated heterocycles. The zero-order valence-corrected chi connectivity index (χ0v) is 6.33. The first kappa shape index (κ1) is 6.41. The molecule has 0 heterocycles. The quantitative estimate of drug-likeness (QED) is 0.545. The molecule has 10 heavy (non-hydrogen) atoms. The maximum absolute atomic E-state index is 9.34. The molecular weight excluding hydrogens is 124 g/mol. The molecule has 0 amide bonds. The smallest absolute Gasteiger partial charge is 0.0546 e. The third-order valence-electron chi connectivity index (χ3n) is 2.95. The van der Waals surface area contributed by atoms with E-state index in [2.05, 4.69) is 12.2 Å². The van der Waals surface area contributed by atoms with Gasteiger partial charge in [-0.25, -0.2) is 0 Å². The summed E-state index contributed by atoms with van der Waals surface area (Å²) in [5, 5.41) is 9.34. The molecule has 1 nitrogen and oxygen atoms in total. The van der Waals surface area contributed by atoms with E-state index in [1.807, 2.05) is 6.92 Å². The zero-order chi connectivity index (χ0) is 7.14. The Morgan fingerprint density at radius 2 is 2.20 bits per heavy atom. The second-order valence-electron chi connectivity index (χ2n) is 3.68. The monoisotopic (exact) mass is 138 g/mol. The van der Waals surface area contributed by atoms with E-state index in [1.54, 1.807) is 0 Å². The summed E-state index contributed by atoms with van der Waals surface area (Å²) >= 11 is 0. The molecule has 2 aliphatic rings. The van der Waals surface area contributed by atoms with Crippen molar-refractivity contribution in [1.82, 2.24) is 0 Å². The Morgan fingerprint density at radius 1 is 1.40 bits per heavy atom. The molecule has 1 N–H and O–H groups in total. The first-order chi connectivity index (χ1) is 4.77. The van der Waals surface area contributed by atoms with Gasteiger partial charge in [-0.1, -0.05) is 12.2 Å². The van der Waals surface area contributed by atoms with Crippen LogP contribution < -0.4 is 0 Å². The molecule has 56 valence electrons. The van der Waals surface area contributed by atoms with E-state index in [4.69, 9.17) is 0 Å². The van der Waals surface area contributed by atoms with Crippen LogP contribution >= 0.6 is 0 Å². The van der Waals surface area contributed by atoms with Gasteiger partial charge >= 0.3 is 0 Å². The highest BCUT2D eigenvalue weighted by Crippen LogP contribution is 2.44. The summed E-state index contributed by atoms with van der Waals surface area (Å²) in [5.41, 5.74) is 0. The summed E-state index contributed by atoms with van der Waals surface area (Å²) in [7, 11) is 0. The first-order valence-corrected chi connectivity index (χ1v) is 4.14. The van der Waals surface area contributed by atoms with E-state index in [9.17, 15) is 5.11 Å². The van der Waals surface area contributed by atoms with Gasteiger partial charge in [0, 0.05) is 0 Å². The minimum atomic E-state index is -0.0973. The molecule has 2 aliphatic carbocycles. The van der Waals surface area contributed by atoms with Crippen LogP contribution in [0.2, 0.25) is 0 Å². The molecule has 0 aliphatic heterocycles. The predicted octanol–water partition coefficient (Wildman–Crippen LogP) is 1.58. The van der Waals surface area contributed by atoms with Gasteiger partial charge in [0.05, 0.1) is 6.10 Å². The number of aliphatic hydroxyl groups excluding tert-OH is 1. The van der Waals surface area contributed by atoms with E-state index < -0.39 is 0 Å². The average molecular weight is 138 g/mol. The Morgan fingerprint density at radius 3 is 2.50 bits per heavy atom. The number of fused-ring (bicyclic) bond motifs is 2. The lowest BCUT2D eigenvalue weighted by Crippen LogP contribution is -2.20. The molecule has 4 atom stereocenters. The number of aliphatic hydroxyl groups is 1. The van der Waals surface area contributed by atoms with Crippen molar-refractivity contribution in [2.75, 3.05) is 0 Å². The Balaban J connectivity index is 2.09. The molecule has 0 aromatic rings. The third kappa shape index (κ3) is 0.807. The summed E-state index contributed by atoms with van der Waals surface area (Å²) in [5.74, 6) is 2.06. The van der Waals surface area contributed by atoms with Crippen LogP contribution in [0, 0.1) is 17.8 Å². The molecule has 4 unspecified atom stereocenters. The maximum atomic E-state index is 9.34. The fraction of sp³-hybridized carbons (Fsp3) is 0.778. The first-order valence-electron chi connectivity index (χ1n) is 4.14. The number of allylic oxidation sites excluding steroid dienone is 2. The van der Waals surface area contributed by atoms with Crippen molar-refractivity contribution >= 4 is 0 Å². The van der Waals surface area contributed by atoms with Gasteiger partial charge in [0.2, 0.25) is 0 Å². The maximum Gasteiger partial charge on any atom is 0.0546 e. The SMILES string of the molecule is CC(O)C1CC2C=CC1C2. The fourth-order valence-corrected chi connectivity index (χ4v) is 2.38. The van der Waals surface area contributed by atoms with E-state index in [-0.39, 0.29) is 6.10 Å². The van der Waals surface area contributed by atoms with Crippen molar-refractivity contribution in [2.24, 2.45) is 17.8 Å². The highest BCUT2D eigenvalue weighted by molar-refractivity contribution is 5.10. The van der Waals surface area contributed by atoms with Gasteiger partial charge in [-0.05, 0) is 37.5 Å². The van der Waals surface area contributed by atoms with Crippen LogP contribution in [0.15, 0.2) is 12.2 Å². The lowest BCUT2D eigenvalue weighted by atomic mass is 9.89. The topological polar surface area (TPSA) is 20.2 Å². The minimum absolute atomic E-state index is 0.0973. The number of rotatable bonds is 1. The molecule has 2 rings (SSSR count). The average Bonchev–Trinajstić information content (AvgIpc) is 2.44. The van der Waals surface area contributed by atoms with Crippen molar-refractivity contribution < 1.29 is 5.11 Å². The molecular formula is C9H14O. The summed E-state index contributed by atoms with van der Waals surface area (Å²) in [6.45, 7) is 1.92. The predicted molar refractivity (Wildman–Crippen MR) is 40.5 cm³/mol. The zero-order valence-electron chi connectivity index (χ0n) is 6.33. The van der Waals surface area contributed by atoms with Crippen molar-refractivity contribution in [2.45, 2.75) is 25.9 Å². The van der Waals surface area contributed by atoms with Crippen molar-refractivity contribution in [3.63, 3.8) is 0 Å². The van der Waals surface area contributed by atoms with E-state index >= 15 is 0 Å². The lowest BCUT2D eigenvalue weighted by Gasteiger charge is -2.20. The van der Waals surface area contributed by atoms with Gasteiger partial charge in [0.1, 0.15) is 0 Å². The van der Waals surface area contributed by atoms with Crippen molar-refractivity contribution in [3.05, 3.63) is 12.2 Å². The molecule has 0 radical (unpaired) electrons. The van der Waals surface area contributed by atoms with Crippen LogP contribution in [0.25, 0.3) is 0 Å². The number of hydrogen-bond donors (Lipinski definition) is 1. The number of hydrogen-bond acceptors (Lipinski definition) is 1. The van der Waals surface area contributed by atoms with E-state index in [0.29, 0.717) is 11.8 Å². The van der Waals surface area contributed by atoms with Gasteiger partial charge in [0.25, 0.3) is 0 Å². The minimum Gasteiger partial charge on any atom is -0.393 e. The van der Waals surface area contributed by atoms with Crippen LogP contribution in [-0.4, -0.2) is 11.2 Å². The summed E-state index contributed by atoms with van der Waals surface area (Å²) in [6.07, 6.45) is 7.02. The Labute approximate surface area is 61.8 Å². The third-order valence-corrected chi connectivity index (χ3v) is 2.95. The van der Waals surface area contributed by atoms with Crippen LogP contribution in [0.3, 0.4) is 0 Å². The lowest BCUT2D eigenvalue weighted by molar-refractivity contribution is 0.111. The second kappa shape index (κ2) is 2.09. The molecule has 1 fully saturated rings. The van der Waals surface area contributed by atoms with Crippen LogP contribution in [-0.2, 0) is 0 Å². The van der Waals surface area contributed by atoms with Gasteiger partial charge in [-0.2, -0.15) is 0 Å². The van der Waals surface area contributed by atoms with Crippen LogP contribution in [0.1, 0.15) is 19.8 Å². The summed E-state index contributed by atoms with van der Waals surface area (Å²) < 4.78 is 0. The van der Waals surface area contributed by atoms with Gasteiger partial charge < -0.3 is 5.11 Å². The summed E-state index contributed by atoms with van der Waals surface area (Å²) in [4.78, 5) is 0. The van der Waals surface area contributed by atoms with E-state index in [1.165, 1.54) is 12.8 Å². The molecule has 2 bridgehead atoms. The Hall–Kier alpha value is -0.300. The molecule has 0 aromatic carbocycles. The normalized spacial score (nSPS) is 46.4. The molecule has 1 heteroatoms. The van der Waals surface area contributed by atoms with E-state index in [0.717, 1.165) is 5.92 Å².